The van der Waals surface area contributed by atoms with E-state index in [0.29, 0.717) is 19.3 Å². The Morgan fingerprint density at radius 3 is 2.46 bits per heavy atom. The monoisotopic (exact) mass is 446 g/mol. The van der Waals surface area contributed by atoms with Gasteiger partial charge in [0.2, 0.25) is 15.9 Å². The predicted octanol–water partition coefficient (Wildman–Crippen LogP) is 2.63. The van der Waals surface area contributed by atoms with Crippen LogP contribution in [0.2, 0.25) is 10.0 Å². The van der Waals surface area contributed by atoms with Crippen molar-refractivity contribution >= 4 is 45.1 Å². The Hall–Kier alpha value is -1.61. The van der Waals surface area contributed by atoms with E-state index in [1.807, 2.05) is 0 Å². The van der Waals surface area contributed by atoms with Crippen LogP contribution in [-0.4, -0.2) is 59.8 Å². The van der Waals surface area contributed by atoms with Crippen LogP contribution in [0.4, 0.5) is 0 Å². The third kappa shape index (κ3) is 3.91. The Kier molecular flexibility index (Phi) is 6.05. The third-order valence-electron chi connectivity index (χ3n) is 5.17. The van der Waals surface area contributed by atoms with Crippen LogP contribution in [0.1, 0.15) is 19.3 Å². The minimum Gasteiger partial charge on any atom is -0.480 e. The maximum atomic E-state index is 13.5. The van der Waals surface area contributed by atoms with Gasteiger partial charge in [0.25, 0.3) is 0 Å². The number of fused-ring (bicyclic) bond motifs is 2. The minimum absolute atomic E-state index is 0.0933. The van der Waals surface area contributed by atoms with Crippen LogP contribution >= 0.6 is 23.2 Å². The van der Waals surface area contributed by atoms with Gasteiger partial charge in [0.15, 0.2) is 0 Å². The summed E-state index contributed by atoms with van der Waals surface area (Å²) in [6.07, 6.45) is 3.13. The average molecular weight is 447 g/mol. The van der Waals surface area contributed by atoms with Crippen LogP contribution in [0.5, 0.6) is 0 Å². The number of halogens is 2. The van der Waals surface area contributed by atoms with Crippen molar-refractivity contribution in [3.8, 4) is 0 Å². The molecule has 2 saturated heterocycles. The van der Waals surface area contributed by atoms with E-state index in [1.54, 1.807) is 6.08 Å². The van der Waals surface area contributed by atoms with Crippen molar-refractivity contribution in [1.82, 2.24) is 9.21 Å². The van der Waals surface area contributed by atoms with Crippen molar-refractivity contribution in [2.45, 2.75) is 36.2 Å². The van der Waals surface area contributed by atoms with E-state index in [4.69, 9.17) is 28.3 Å². The van der Waals surface area contributed by atoms with Crippen LogP contribution in [0.25, 0.3) is 0 Å². The van der Waals surface area contributed by atoms with Gasteiger partial charge in [-0.05, 0) is 37.5 Å². The minimum atomic E-state index is -4.10. The first-order valence-electron chi connectivity index (χ1n) is 8.78. The zero-order valence-corrected chi connectivity index (χ0v) is 17.3. The molecule has 2 aliphatic rings. The highest BCUT2D eigenvalue weighted by Crippen LogP contribution is 2.38. The molecule has 1 amide bonds. The highest BCUT2D eigenvalue weighted by atomic mass is 35.5. The van der Waals surface area contributed by atoms with Crippen molar-refractivity contribution in [2.24, 2.45) is 5.92 Å². The van der Waals surface area contributed by atoms with E-state index in [-0.39, 0.29) is 21.5 Å². The molecule has 28 heavy (non-hydrogen) atoms. The standard InChI is InChI=1S/C18H20Cl2N2O5S/c1-2-11-9-21(10-17(23)24)18(25)16-5-3-4-15(11)22(16)28(26,27)14-7-12(19)6-13(20)8-14/h2,6-8,11,15-16H,1,3-5,9-10H2,(H,23,24)/t11-,15?,16?/m0/s1. The molecule has 2 bridgehead atoms. The van der Waals surface area contributed by atoms with Crippen LogP contribution in [-0.2, 0) is 19.6 Å². The van der Waals surface area contributed by atoms with Gasteiger partial charge in [-0.15, -0.1) is 6.58 Å². The summed E-state index contributed by atoms with van der Waals surface area (Å²) in [7, 11) is -4.10. The first-order valence-corrected chi connectivity index (χ1v) is 11.0. The summed E-state index contributed by atoms with van der Waals surface area (Å²) in [6.45, 7) is 3.41. The molecule has 152 valence electrons. The molecule has 0 spiro atoms. The van der Waals surface area contributed by atoms with Crippen LogP contribution < -0.4 is 0 Å². The first-order chi connectivity index (χ1) is 13.1. The summed E-state index contributed by atoms with van der Waals surface area (Å²) >= 11 is 12.0. The molecule has 1 aromatic rings. The van der Waals surface area contributed by atoms with Crippen molar-refractivity contribution < 1.29 is 23.1 Å². The van der Waals surface area contributed by atoms with E-state index in [9.17, 15) is 18.0 Å². The molecule has 10 heteroatoms. The number of nitrogens with zero attached hydrogens (tertiary/aromatic N) is 2. The lowest BCUT2D eigenvalue weighted by molar-refractivity contribution is -0.145. The van der Waals surface area contributed by atoms with Gasteiger partial charge in [0.1, 0.15) is 12.6 Å². The molecule has 2 heterocycles. The number of piperidine rings is 1. The van der Waals surface area contributed by atoms with Gasteiger partial charge in [-0.2, -0.15) is 4.31 Å². The third-order valence-corrected chi connectivity index (χ3v) is 7.52. The predicted molar refractivity (Wildman–Crippen MR) is 105 cm³/mol. The van der Waals surface area contributed by atoms with Crippen molar-refractivity contribution in [2.75, 3.05) is 13.1 Å². The molecule has 1 N–H and O–H groups in total. The van der Waals surface area contributed by atoms with Crippen LogP contribution in [0.15, 0.2) is 35.7 Å². The number of hydrogen-bond donors (Lipinski definition) is 1. The molecule has 2 unspecified atom stereocenters. The average Bonchev–Trinajstić information content (AvgIpc) is 2.68. The number of benzene rings is 1. The second-order valence-electron chi connectivity index (χ2n) is 6.97. The maximum Gasteiger partial charge on any atom is 0.323 e. The number of rotatable bonds is 5. The SMILES string of the molecule is C=C[C@H]1CN(CC(=O)O)C(=O)C2CCCC1N2S(=O)(=O)c1cc(Cl)cc(Cl)c1. The lowest BCUT2D eigenvalue weighted by atomic mass is 9.90. The van der Waals surface area contributed by atoms with Gasteiger partial charge in [0.05, 0.1) is 4.90 Å². The number of sulfonamides is 1. The number of carbonyl (C=O) groups is 2. The molecule has 3 atom stereocenters. The van der Waals surface area contributed by atoms with Gasteiger partial charge in [-0.3, -0.25) is 9.59 Å². The van der Waals surface area contributed by atoms with Crippen molar-refractivity contribution in [1.29, 1.82) is 0 Å². The molecule has 1 aromatic carbocycles. The fourth-order valence-corrected chi connectivity index (χ4v) is 6.60. The lowest BCUT2D eigenvalue weighted by Crippen LogP contribution is -2.54. The molecule has 0 saturated carbocycles. The number of carboxylic acid groups (broad SMARTS) is 1. The van der Waals surface area contributed by atoms with Gasteiger partial charge < -0.3 is 10.0 Å². The number of aliphatic carboxylic acids is 1. The Bertz CT molecular complexity index is 900. The van der Waals surface area contributed by atoms with E-state index < -0.39 is 46.4 Å². The second kappa shape index (κ2) is 8.02. The number of amides is 1. The Labute approximate surface area is 173 Å². The fourth-order valence-electron chi connectivity index (χ4n) is 4.00. The molecule has 7 nitrogen and oxygen atoms in total. The topological polar surface area (TPSA) is 95.0 Å². The molecular formula is C18H20Cl2N2O5S. The van der Waals surface area contributed by atoms with E-state index in [1.165, 1.54) is 27.4 Å². The highest BCUT2D eigenvalue weighted by molar-refractivity contribution is 7.89. The molecule has 2 fully saturated rings. The molecule has 0 aliphatic carbocycles. The zero-order chi connectivity index (χ0) is 20.6. The zero-order valence-electron chi connectivity index (χ0n) is 14.9. The molecule has 0 radical (unpaired) electrons. The Morgan fingerprint density at radius 2 is 1.89 bits per heavy atom. The number of hydrogen-bond acceptors (Lipinski definition) is 4. The summed E-state index contributed by atoms with van der Waals surface area (Å²) in [4.78, 5) is 25.4. The van der Waals surface area contributed by atoms with Gasteiger partial charge in [-0.1, -0.05) is 29.3 Å². The van der Waals surface area contributed by atoms with E-state index in [2.05, 4.69) is 6.58 Å². The van der Waals surface area contributed by atoms with Crippen molar-refractivity contribution in [3.05, 3.63) is 40.9 Å². The number of carboxylic acids is 1. The van der Waals surface area contributed by atoms with Crippen LogP contribution in [0, 0.1) is 5.92 Å². The Balaban J connectivity index is 2.11. The van der Waals surface area contributed by atoms with Gasteiger partial charge in [0, 0.05) is 28.5 Å². The summed E-state index contributed by atoms with van der Waals surface area (Å²) in [5.41, 5.74) is 0. The summed E-state index contributed by atoms with van der Waals surface area (Å²) in [5, 5.41) is 9.50. The van der Waals surface area contributed by atoms with E-state index >= 15 is 0 Å². The van der Waals surface area contributed by atoms with Crippen LogP contribution in [0.3, 0.4) is 0 Å². The van der Waals surface area contributed by atoms with Gasteiger partial charge >= 0.3 is 5.97 Å². The largest absolute Gasteiger partial charge is 0.480 e. The quantitative estimate of drug-likeness (QED) is 0.701. The maximum absolute atomic E-state index is 13.5. The second-order valence-corrected chi connectivity index (χ2v) is 9.68. The molecule has 2 aliphatic heterocycles. The Morgan fingerprint density at radius 1 is 1.25 bits per heavy atom. The molecule has 0 aromatic heterocycles. The summed E-state index contributed by atoms with van der Waals surface area (Å²) in [5.74, 6) is -2.05. The van der Waals surface area contributed by atoms with Crippen molar-refractivity contribution in [3.63, 3.8) is 0 Å². The van der Waals surface area contributed by atoms with E-state index in [0.717, 1.165) is 0 Å². The normalized spacial score (nSPS) is 26.0. The summed E-state index contributed by atoms with van der Waals surface area (Å²) in [6, 6.07) is 2.56. The number of carbonyl (C=O) groups excluding carboxylic acids is 1. The fraction of sp³-hybridized carbons (Fsp3) is 0.444. The summed E-state index contributed by atoms with van der Waals surface area (Å²) < 4.78 is 28.2. The molecule has 3 rings (SSSR count). The molecular weight excluding hydrogens is 427 g/mol. The smallest absolute Gasteiger partial charge is 0.323 e. The lowest BCUT2D eigenvalue weighted by Gasteiger charge is -2.40. The highest BCUT2D eigenvalue weighted by Gasteiger charge is 2.49. The van der Waals surface area contributed by atoms with Gasteiger partial charge in [-0.25, -0.2) is 8.42 Å². The first kappa shape index (κ1) is 21.1.